The van der Waals surface area contributed by atoms with Gasteiger partial charge in [-0.15, -0.1) is 0 Å². The number of hydrogen-bond acceptors (Lipinski definition) is 3. The van der Waals surface area contributed by atoms with Crippen molar-refractivity contribution in [1.29, 1.82) is 0 Å². The number of hydrogen-bond donors (Lipinski definition) is 2. The Hall–Kier alpha value is -0.0700. The standard InChI is InChI=1S/C10H16INO2/c1-7(13)10(2,3)12-6-8-4-5-9(11)14-8/h4-5,7,12-13H,6H2,1-3H3. The molecule has 14 heavy (non-hydrogen) atoms. The number of aliphatic hydroxyl groups is 1. The van der Waals surface area contributed by atoms with Crippen LogP contribution in [0.2, 0.25) is 0 Å². The second kappa shape index (κ2) is 4.63. The highest BCUT2D eigenvalue weighted by molar-refractivity contribution is 14.1. The van der Waals surface area contributed by atoms with E-state index in [0.29, 0.717) is 6.54 Å². The van der Waals surface area contributed by atoms with Crippen LogP contribution in [0.1, 0.15) is 26.5 Å². The monoisotopic (exact) mass is 309 g/mol. The van der Waals surface area contributed by atoms with Gasteiger partial charge in [0.1, 0.15) is 5.76 Å². The van der Waals surface area contributed by atoms with Crippen LogP contribution in [0.4, 0.5) is 0 Å². The minimum absolute atomic E-state index is 0.293. The summed E-state index contributed by atoms with van der Waals surface area (Å²) in [7, 11) is 0. The summed E-state index contributed by atoms with van der Waals surface area (Å²) in [6, 6.07) is 3.86. The van der Waals surface area contributed by atoms with Crippen LogP contribution in [0.25, 0.3) is 0 Å². The minimum Gasteiger partial charge on any atom is -0.454 e. The molecular formula is C10H16INO2. The molecule has 3 nitrogen and oxygen atoms in total. The highest BCUT2D eigenvalue weighted by Crippen LogP contribution is 2.13. The summed E-state index contributed by atoms with van der Waals surface area (Å²) < 4.78 is 6.28. The molecular weight excluding hydrogens is 293 g/mol. The van der Waals surface area contributed by atoms with Crippen LogP contribution in [0.15, 0.2) is 16.5 Å². The lowest BCUT2D eigenvalue weighted by Crippen LogP contribution is -2.47. The number of halogens is 1. The van der Waals surface area contributed by atoms with Crippen molar-refractivity contribution in [2.45, 2.75) is 39.0 Å². The van der Waals surface area contributed by atoms with Gasteiger partial charge in [0, 0.05) is 5.54 Å². The van der Waals surface area contributed by atoms with Gasteiger partial charge < -0.3 is 14.8 Å². The van der Waals surface area contributed by atoms with E-state index in [1.165, 1.54) is 0 Å². The Balaban J connectivity index is 2.48. The first-order valence-electron chi connectivity index (χ1n) is 4.59. The number of nitrogens with one attached hydrogen (secondary N) is 1. The molecule has 2 N–H and O–H groups in total. The Morgan fingerprint density at radius 2 is 2.21 bits per heavy atom. The normalized spacial score (nSPS) is 14.4. The van der Waals surface area contributed by atoms with Crippen molar-refractivity contribution in [3.63, 3.8) is 0 Å². The molecule has 80 valence electrons. The highest BCUT2D eigenvalue weighted by atomic mass is 127. The van der Waals surface area contributed by atoms with E-state index in [-0.39, 0.29) is 5.54 Å². The molecule has 1 atom stereocenters. The molecule has 0 aliphatic carbocycles. The van der Waals surface area contributed by atoms with Crippen LogP contribution in [-0.2, 0) is 6.54 Å². The van der Waals surface area contributed by atoms with Gasteiger partial charge in [-0.1, -0.05) is 0 Å². The van der Waals surface area contributed by atoms with Gasteiger partial charge >= 0.3 is 0 Å². The van der Waals surface area contributed by atoms with Crippen LogP contribution < -0.4 is 5.32 Å². The molecule has 1 heterocycles. The van der Waals surface area contributed by atoms with E-state index in [9.17, 15) is 5.11 Å². The first-order chi connectivity index (χ1) is 6.42. The quantitative estimate of drug-likeness (QED) is 0.838. The predicted octanol–water partition coefficient (Wildman–Crippen LogP) is 2.13. The first-order valence-corrected chi connectivity index (χ1v) is 5.67. The lowest BCUT2D eigenvalue weighted by molar-refractivity contribution is 0.0942. The average Bonchev–Trinajstić information content (AvgIpc) is 2.48. The van der Waals surface area contributed by atoms with Crippen molar-refractivity contribution >= 4 is 22.6 Å². The van der Waals surface area contributed by atoms with E-state index >= 15 is 0 Å². The van der Waals surface area contributed by atoms with Crippen LogP contribution >= 0.6 is 22.6 Å². The molecule has 1 unspecified atom stereocenters. The maximum absolute atomic E-state index is 9.47. The summed E-state index contributed by atoms with van der Waals surface area (Å²) in [5.74, 6) is 0.892. The fourth-order valence-electron chi connectivity index (χ4n) is 0.909. The van der Waals surface area contributed by atoms with Gasteiger partial charge in [0.2, 0.25) is 0 Å². The summed E-state index contributed by atoms with van der Waals surface area (Å²) >= 11 is 2.13. The van der Waals surface area contributed by atoms with E-state index in [0.717, 1.165) is 9.53 Å². The molecule has 0 fully saturated rings. The summed E-state index contributed by atoms with van der Waals surface area (Å²) in [6.07, 6.45) is -0.392. The number of rotatable bonds is 4. The summed E-state index contributed by atoms with van der Waals surface area (Å²) in [5.41, 5.74) is -0.293. The van der Waals surface area contributed by atoms with E-state index in [1.807, 2.05) is 26.0 Å². The number of furan rings is 1. The van der Waals surface area contributed by atoms with Gasteiger partial charge in [0.25, 0.3) is 0 Å². The maximum atomic E-state index is 9.47. The van der Waals surface area contributed by atoms with E-state index in [4.69, 9.17) is 4.42 Å². The number of aliphatic hydroxyl groups excluding tert-OH is 1. The smallest absolute Gasteiger partial charge is 0.164 e. The third-order valence-corrected chi connectivity index (χ3v) is 2.97. The molecule has 0 saturated heterocycles. The molecule has 4 heteroatoms. The molecule has 1 aromatic rings. The Kier molecular flexibility index (Phi) is 3.97. The predicted molar refractivity (Wildman–Crippen MR) is 64.0 cm³/mol. The second-order valence-corrected chi connectivity index (χ2v) is 5.02. The fraction of sp³-hybridized carbons (Fsp3) is 0.600. The lowest BCUT2D eigenvalue weighted by Gasteiger charge is -2.29. The molecule has 0 bridgehead atoms. The van der Waals surface area contributed by atoms with Gasteiger partial charge in [-0.3, -0.25) is 0 Å². The maximum Gasteiger partial charge on any atom is 0.164 e. The summed E-state index contributed by atoms with van der Waals surface area (Å²) in [6.45, 7) is 6.34. The average molecular weight is 309 g/mol. The van der Waals surface area contributed by atoms with Gasteiger partial charge in [-0.25, -0.2) is 0 Å². The largest absolute Gasteiger partial charge is 0.454 e. The van der Waals surface area contributed by atoms with Crippen molar-refractivity contribution in [3.05, 3.63) is 21.7 Å². The molecule has 0 aliphatic rings. The van der Waals surface area contributed by atoms with E-state index in [2.05, 4.69) is 27.9 Å². The van der Waals surface area contributed by atoms with Crippen molar-refractivity contribution in [1.82, 2.24) is 5.32 Å². The van der Waals surface area contributed by atoms with E-state index < -0.39 is 6.10 Å². The third kappa shape index (κ3) is 3.25. The second-order valence-electron chi connectivity index (χ2n) is 3.96. The SMILES string of the molecule is CC(O)C(C)(C)NCc1ccc(I)o1. The Morgan fingerprint density at radius 3 is 2.64 bits per heavy atom. The zero-order valence-corrected chi connectivity index (χ0v) is 10.8. The Morgan fingerprint density at radius 1 is 1.57 bits per heavy atom. The van der Waals surface area contributed by atoms with Crippen LogP contribution in [0.5, 0.6) is 0 Å². The molecule has 1 aromatic heterocycles. The lowest BCUT2D eigenvalue weighted by atomic mass is 9.99. The van der Waals surface area contributed by atoms with Gasteiger partial charge in [0.15, 0.2) is 3.77 Å². The molecule has 0 saturated carbocycles. The summed E-state index contributed by atoms with van der Waals surface area (Å²) in [4.78, 5) is 0. The third-order valence-electron chi connectivity index (χ3n) is 2.39. The molecule has 0 aliphatic heterocycles. The topological polar surface area (TPSA) is 45.4 Å². The Bertz CT molecular complexity index is 294. The highest BCUT2D eigenvalue weighted by Gasteiger charge is 2.23. The molecule has 1 rings (SSSR count). The first kappa shape index (κ1) is 12.0. The van der Waals surface area contributed by atoms with Crippen molar-refractivity contribution in [2.24, 2.45) is 0 Å². The molecule has 0 amide bonds. The van der Waals surface area contributed by atoms with Crippen molar-refractivity contribution in [2.75, 3.05) is 0 Å². The summed E-state index contributed by atoms with van der Waals surface area (Å²) in [5, 5.41) is 12.7. The van der Waals surface area contributed by atoms with E-state index in [1.54, 1.807) is 6.92 Å². The van der Waals surface area contributed by atoms with Crippen LogP contribution in [0.3, 0.4) is 0 Å². The molecule has 0 aromatic carbocycles. The van der Waals surface area contributed by atoms with Crippen molar-refractivity contribution < 1.29 is 9.52 Å². The molecule has 0 radical (unpaired) electrons. The van der Waals surface area contributed by atoms with Crippen LogP contribution in [-0.4, -0.2) is 16.7 Å². The van der Waals surface area contributed by atoms with Gasteiger partial charge in [-0.05, 0) is 55.5 Å². The van der Waals surface area contributed by atoms with Gasteiger partial charge in [-0.2, -0.15) is 0 Å². The minimum atomic E-state index is -0.392. The fourth-order valence-corrected chi connectivity index (χ4v) is 1.37. The Labute approximate surface area is 98.0 Å². The van der Waals surface area contributed by atoms with Crippen LogP contribution in [0, 0.1) is 3.77 Å². The molecule has 0 spiro atoms. The van der Waals surface area contributed by atoms with Gasteiger partial charge in [0.05, 0.1) is 12.6 Å². The van der Waals surface area contributed by atoms with Crippen molar-refractivity contribution in [3.8, 4) is 0 Å². The zero-order valence-electron chi connectivity index (χ0n) is 8.67. The zero-order chi connectivity index (χ0) is 10.8.